The fourth-order valence-corrected chi connectivity index (χ4v) is 3.76. The minimum atomic E-state index is -1.13. The maximum absolute atomic E-state index is 11.9. The van der Waals surface area contributed by atoms with Crippen LogP contribution in [0.25, 0.3) is 5.69 Å². The van der Waals surface area contributed by atoms with Gasteiger partial charge in [-0.25, -0.2) is 14.7 Å². The van der Waals surface area contributed by atoms with Crippen LogP contribution in [0.15, 0.2) is 36.4 Å². The van der Waals surface area contributed by atoms with Crippen LogP contribution in [0.4, 0.5) is 5.69 Å². The minimum absolute atomic E-state index is 0.0148. The smallest absolute Gasteiger partial charge is 0.329 e. The number of nitrogens with one attached hydrogen (secondary N) is 2. The van der Waals surface area contributed by atoms with E-state index in [1.807, 2.05) is 26.0 Å². The number of quaternary nitrogens is 1. The zero-order chi connectivity index (χ0) is 21.8. The fourth-order valence-electron chi connectivity index (χ4n) is 3.76. The lowest BCUT2D eigenvalue weighted by molar-refractivity contribution is -0.991. The van der Waals surface area contributed by atoms with Gasteiger partial charge < -0.3 is 20.4 Å². The highest BCUT2D eigenvalue weighted by atomic mass is 16.8. The van der Waals surface area contributed by atoms with E-state index in [1.54, 1.807) is 28.9 Å². The molecule has 160 valence electrons. The van der Waals surface area contributed by atoms with Crippen molar-refractivity contribution in [3.05, 3.63) is 58.6 Å². The third-order valence-corrected chi connectivity index (χ3v) is 4.97. The SMILES string of the molecule is Cc1nn(-c2ccccc2[NH+]([O-])O)c(C)c1C1C=CC(NC(=O)COCC(=O)O)C1. The Kier molecular flexibility index (Phi) is 6.63. The third kappa shape index (κ3) is 4.74. The summed E-state index contributed by atoms with van der Waals surface area (Å²) < 4.78 is 6.45. The number of amides is 1. The summed E-state index contributed by atoms with van der Waals surface area (Å²) in [4.78, 5) is 22.4. The van der Waals surface area contributed by atoms with E-state index in [0.717, 1.165) is 17.0 Å². The molecule has 0 radical (unpaired) electrons. The second-order valence-electron chi connectivity index (χ2n) is 7.11. The zero-order valence-corrected chi connectivity index (χ0v) is 16.7. The highest BCUT2D eigenvalue weighted by molar-refractivity contribution is 5.78. The summed E-state index contributed by atoms with van der Waals surface area (Å²) in [6.45, 7) is 2.93. The molecule has 1 heterocycles. The van der Waals surface area contributed by atoms with Gasteiger partial charge in [0.2, 0.25) is 5.91 Å². The van der Waals surface area contributed by atoms with E-state index in [4.69, 9.17) is 9.84 Å². The zero-order valence-electron chi connectivity index (χ0n) is 16.7. The van der Waals surface area contributed by atoms with Crippen molar-refractivity contribution in [3.8, 4) is 5.69 Å². The van der Waals surface area contributed by atoms with Gasteiger partial charge in [0.1, 0.15) is 18.9 Å². The summed E-state index contributed by atoms with van der Waals surface area (Å²) >= 11 is 0. The number of allylic oxidation sites excluding steroid dienone is 1. The van der Waals surface area contributed by atoms with Crippen LogP contribution in [-0.4, -0.2) is 51.2 Å². The number of carboxylic acids is 1. The number of benzene rings is 1. The van der Waals surface area contributed by atoms with E-state index in [0.29, 0.717) is 12.1 Å². The minimum Gasteiger partial charge on any atom is -0.595 e. The molecule has 1 aromatic carbocycles. The molecule has 30 heavy (non-hydrogen) atoms. The van der Waals surface area contributed by atoms with Crippen molar-refractivity contribution in [3.63, 3.8) is 0 Å². The topological polar surface area (TPSA) is 141 Å². The number of para-hydroxylation sites is 2. The number of ether oxygens (including phenoxy) is 1. The second kappa shape index (κ2) is 9.18. The average molecular weight is 416 g/mol. The summed E-state index contributed by atoms with van der Waals surface area (Å²) in [5.74, 6) is -1.50. The van der Waals surface area contributed by atoms with Crippen LogP contribution in [0.5, 0.6) is 0 Å². The fraction of sp³-hybridized carbons (Fsp3) is 0.350. The molecule has 0 saturated heterocycles. The van der Waals surface area contributed by atoms with Gasteiger partial charge in [-0.3, -0.25) is 4.79 Å². The predicted molar refractivity (Wildman–Crippen MR) is 106 cm³/mol. The van der Waals surface area contributed by atoms with Crippen molar-refractivity contribution >= 4 is 17.6 Å². The Morgan fingerprint density at radius 2 is 2.03 bits per heavy atom. The van der Waals surface area contributed by atoms with Gasteiger partial charge in [-0.15, -0.1) is 0 Å². The number of aryl methyl sites for hydroxylation is 1. The number of aromatic nitrogens is 2. The highest BCUT2D eigenvalue weighted by Gasteiger charge is 2.27. The highest BCUT2D eigenvalue weighted by Crippen LogP contribution is 2.34. The number of nitrogens with zero attached hydrogens (tertiary/aromatic N) is 2. The van der Waals surface area contributed by atoms with Crippen LogP contribution in [0.2, 0.25) is 0 Å². The van der Waals surface area contributed by atoms with Gasteiger partial charge in [-0.1, -0.05) is 24.3 Å². The summed E-state index contributed by atoms with van der Waals surface area (Å²) in [6.07, 6.45) is 4.51. The van der Waals surface area contributed by atoms with E-state index < -0.39 is 17.8 Å². The van der Waals surface area contributed by atoms with Crippen molar-refractivity contribution < 1.29 is 29.9 Å². The van der Waals surface area contributed by atoms with Crippen LogP contribution in [0, 0.1) is 19.1 Å². The lowest BCUT2D eigenvalue weighted by Gasteiger charge is -2.17. The van der Waals surface area contributed by atoms with E-state index in [-0.39, 0.29) is 30.2 Å². The molecule has 0 fully saturated rings. The van der Waals surface area contributed by atoms with Crippen LogP contribution in [0.1, 0.15) is 29.3 Å². The molecule has 10 nitrogen and oxygen atoms in total. The van der Waals surface area contributed by atoms with Crippen molar-refractivity contribution in [2.45, 2.75) is 32.2 Å². The molecule has 0 spiro atoms. The first-order chi connectivity index (χ1) is 14.3. The number of carbonyl (C=O) groups is 2. The first-order valence-corrected chi connectivity index (χ1v) is 9.44. The molecule has 0 bridgehead atoms. The van der Waals surface area contributed by atoms with E-state index in [2.05, 4.69) is 10.4 Å². The van der Waals surface area contributed by atoms with Gasteiger partial charge in [-0.05, 0) is 26.3 Å². The number of carboxylic acid groups (broad SMARTS) is 1. The van der Waals surface area contributed by atoms with Crippen molar-refractivity contribution in [2.75, 3.05) is 13.2 Å². The summed E-state index contributed by atoms with van der Waals surface area (Å²) in [7, 11) is 0. The maximum Gasteiger partial charge on any atom is 0.329 e. The molecule has 3 unspecified atom stereocenters. The van der Waals surface area contributed by atoms with E-state index in [1.165, 1.54) is 0 Å². The van der Waals surface area contributed by atoms with Crippen LogP contribution >= 0.6 is 0 Å². The monoisotopic (exact) mass is 416 g/mol. The largest absolute Gasteiger partial charge is 0.595 e. The molecule has 3 rings (SSSR count). The third-order valence-electron chi connectivity index (χ3n) is 4.97. The number of aliphatic carboxylic acids is 1. The van der Waals surface area contributed by atoms with Gasteiger partial charge >= 0.3 is 5.97 Å². The predicted octanol–water partition coefficient (Wildman–Crippen LogP) is 0.522. The molecule has 0 saturated carbocycles. The van der Waals surface area contributed by atoms with E-state index >= 15 is 0 Å². The molecule has 10 heteroatoms. The van der Waals surface area contributed by atoms with Crippen molar-refractivity contribution in [1.29, 1.82) is 0 Å². The van der Waals surface area contributed by atoms with E-state index in [9.17, 15) is 20.0 Å². The molecule has 0 aliphatic heterocycles. The van der Waals surface area contributed by atoms with Gasteiger partial charge in [-0.2, -0.15) is 10.3 Å². The summed E-state index contributed by atoms with van der Waals surface area (Å²) in [5, 5.41) is 36.0. The molecular weight excluding hydrogens is 392 g/mol. The van der Waals surface area contributed by atoms with Gasteiger partial charge in [0.25, 0.3) is 0 Å². The molecule has 1 aliphatic carbocycles. The van der Waals surface area contributed by atoms with Crippen LogP contribution in [-0.2, 0) is 14.3 Å². The first-order valence-electron chi connectivity index (χ1n) is 9.44. The summed E-state index contributed by atoms with van der Waals surface area (Å²) in [5.41, 5.74) is 3.29. The Bertz CT molecular complexity index is 968. The molecule has 2 aromatic rings. The number of rotatable bonds is 8. The number of hydrogen-bond acceptors (Lipinski definition) is 6. The molecule has 1 aromatic heterocycles. The molecule has 4 N–H and O–H groups in total. The molecule has 1 amide bonds. The summed E-state index contributed by atoms with van der Waals surface area (Å²) in [6, 6.07) is 6.50. The Labute approximate surface area is 172 Å². The lowest BCUT2D eigenvalue weighted by Crippen LogP contribution is -2.99. The van der Waals surface area contributed by atoms with Crippen molar-refractivity contribution in [2.24, 2.45) is 0 Å². The van der Waals surface area contributed by atoms with Gasteiger partial charge in [0.15, 0.2) is 5.69 Å². The maximum atomic E-state index is 11.9. The van der Waals surface area contributed by atoms with Gasteiger partial charge in [0.05, 0.1) is 5.69 Å². The standard InChI is InChI=1S/C20H24N4O6/c1-12-20(13(2)23(22-12)16-5-3-4-6-17(16)24(28)29)14-7-8-15(9-14)21-18(25)10-30-11-19(26)27/h3-8,14-15,24,28H,9-11H2,1-2H3,(H,21,25)(H,26,27). The average Bonchev–Trinajstić information content (AvgIpc) is 3.24. The lowest BCUT2D eigenvalue weighted by atomic mass is 9.96. The Morgan fingerprint density at radius 3 is 2.73 bits per heavy atom. The first kappa shape index (κ1) is 21.7. The normalized spacial score (nSPS) is 19.1. The van der Waals surface area contributed by atoms with Crippen molar-refractivity contribution in [1.82, 2.24) is 15.1 Å². The number of hydrogen-bond donors (Lipinski definition) is 4. The quantitative estimate of drug-likeness (QED) is 0.363. The molecular formula is C20H24N4O6. The second-order valence-corrected chi connectivity index (χ2v) is 7.11. The van der Waals surface area contributed by atoms with Crippen LogP contribution in [0.3, 0.4) is 0 Å². The van der Waals surface area contributed by atoms with Crippen LogP contribution < -0.4 is 10.5 Å². The van der Waals surface area contributed by atoms with Gasteiger partial charge in [0, 0.05) is 29.3 Å². The Hall–Kier alpha value is -3.05. The Morgan fingerprint density at radius 1 is 1.30 bits per heavy atom. The number of carbonyl (C=O) groups excluding carboxylic acids is 1. The Balaban J connectivity index is 1.72. The molecule has 1 aliphatic rings. The molecule has 3 atom stereocenters.